The van der Waals surface area contributed by atoms with Gasteiger partial charge in [0.15, 0.2) is 0 Å². The van der Waals surface area contributed by atoms with Gasteiger partial charge in [-0.05, 0) is 61.1 Å². The van der Waals surface area contributed by atoms with E-state index in [0.29, 0.717) is 28.9 Å². The molecule has 0 bridgehead atoms. The van der Waals surface area contributed by atoms with Crippen LogP contribution >= 0.6 is 11.6 Å². The lowest BCUT2D eigenvalue weighted by Gasteiger charge is -2.16. The summed E-state index contributed by atoms with van der Waals surface area (Å²) in [5.74, 6) is -0.471. The Bertz CT molecular complexity index is 1080. The topological polar surface area (TPSA) is 88.3 Å². The molecule has 1 aromatic heterocycles. The van der Waals surface area contributed by atoms with E-state index in [4.69, 9.17) is 16.1 Å². The number of hydrogen-bond donors (Lipinski definition) is 2. The van der Waals surface area contributed by atoms with Gasteiger partial charge in [-0.25, -0.2) is 4.39 Å². The summed E-state index contributed by atoms with van der Waals surface area (Å²) in [7, 11) is 0. The summed E-state index contributed by atoms with van der Waals surface area (Å²) in [5, 5.41) is 17.1. The van der Waals surface area contributed by atoms with Gasteiger partial charge in [0.1, 0.15) is 11.9 Å². The minimum Gasteiger partial charge on any atom is -0.480 e. The van der Waals surface area contributed by atoms with E-state index in [0.717, 1.165) is 24.0 Å². The highest BCUT2D eigenvalue weighted by molar-refractivity contribution is 6.31. The summed E-state index contributed by atoms with van der Waals surface area (Å²) >= 11 is 6.12. The lowest BCUT2D eigenvalue weighted by Crippen LogP contribution is -2.38. The molecule has 0 saturated heterocycles. The third kappa shape index (κ3) is 4.52. The van der Waals surface area contributed by atoms with Gasteiger partial charge in [-0.3, -0.25) is 4.79 Å². The first kappa shape index (κ1) is 20.5. The SMILES string of the molecule is Cc1c(Cl)cccc1CN[C@H](Cc1ccc(-c2noc(C3CC3)n2)c(F)c1)C(=O)O. The van der Waals surface area contributed by atoms with Crippen LogP contribution in [0.4, 0.5) is 4.39 Å². The van der Waals surface area contributed by atoms with Crippen LogP contribution in [0.25, 0.3) is 11.4 Å². The van der Waals surface area contributed by atoms with Crippen molar-refractivity contribution < 1.29 is 18.8 Å². The Hall–Kier alpha value is -2.77. The molecule has 1 aliphatic rings. The largest absolute Gasteiger partial charge is 0.480 e. The van der Waals surface area contributed by atoms with Gasteiger partial charge in [-0.2, -0.15) is 4.98 Å². The van der Waals surface area contributed by atoms with Gasteiger partial charge in [0.05, 0.1) is 5.56 Å². The first-order valence-corrected chi connectivity index (χ1v) is 10.1. The first-order chi connectivity index (χ1) is 14.4. The van der Waals surface area contributed by atoms with Crippen molar-refractivity contribution in [1.82, 2.24) is 15.5 Å². The van der Waals surface area contributed by atoms with Crippen LogP contribution in [0.1, 0.15) is 41.3 Å². The monoisotopic (exact) mass is 429 g/mol. The van der Waals surface area contributed by atoms with Crippen LogP contribution in [0.15, 0.2) is 40.9 Å². The molecule has 30 heavy (non-hydrogen) atoms. The molecule has 1 saturated carbocycles. The Labute approximate surface area is 178 Å². The number of halogens is 2. The zero-order valence-corrected chi connectivity index (χ0v) is 17.1. The molecule has 2 N–H and O–H groups in total. The third-order valence-electron chi connectivity index (χ3n) is 5.30. The Morgan fingerprint density at radius 3 is 2.87 bits per heavy atom. The maximum absolute atomic E-state index is 14.7. The van der Waals surface area contributed by atoms with Crippen molar-refractivity contribution in [3.8, 4) is 11.4 Å². The van der Waals surface area contributed by atoms with E-state index in [1.165, 1.54) is 6.07 Å². The van der Waals surface area contributed by atoms with Crippen LogP contribution in [0, 0.1) is 12.7 Å². The molecule has 2 aromatic carbocycles. The molecule has 156 valence electrons. The summed E-state index contributed by atoms with van der Waals surface area (Å²) < 4.78 is 19.8. The number of carboxylic acids is 1. The summed E-state index contributed by atoms with van der Waals surface area (Å²) in [6.45, 7) is 2.23. The smallest absolute Gasteiger partial charge is 0.321 e. The van der Waals surface area contributed by atoms with Crippen LogP contribution in [0.5, 0.6) is 0 Å². The van der Waals surface area contributed by atoms with E-state index in [2.05, 4.69) is 15.5 Å². The molecular formula is C22H21ClFN3O3. The van der Waals surface area contributed by atoms with Crippen molar-refractivity contribution in [3.05, 3.63) is 69.8 Å². The van der Waals surface area contributed by atoms with E-state index in [1.54, 1.807) is 18.2 Å². The zero-order valence-electron chi connectivity index (χ0n) is 16.4. The molecule has 0 radical (unpaired) electrons. The van der Waals surface area contributed by atoms with Crippen molar-refractivity contribution >= 4 is 17.6 Å². The molecule has 1 heterocycles. The van der Waals surface area contributed by atoms with E-state index in [-0.39, 0.29) is 17.8 Å². The van der Waals surface area contributed by atoms with E-state index in [9.17, 15) is 14.3 Å². The van der Waals surface area contributed by atoms with E-state index in [1.807, 2.05) is 19.1 Å². The molecule has 1 aliphatic carbocycles. The fraction of sp³-hybridized carbons (Fsp3) is 0.318. The second kappa shape index (κ2) is 8.53. The predicted molar refractivity (Wildman–Crippen MR) is 110 cm³/mol. The third-order valence-corrected chi connectivity index (χ3v) is 5.71. The summed E-state index contributed by atoms with van der Waals surface area (Å²) in [4.78, 5) is 16.0. The number of hydrogen-bond acceptors (Lipinski definition) is 5. The van der Waals surface area contributed by atoms with Crippen molar-refractivity contribution in [1.29, 1.82) is 0 Å². The summed E-state index contributed by atoms with van der Waals surface area (Å²) in [6.07, 6.45) is 2.16. The molecule has 0 unspecified atom stereocenters. The van der Waals surface area contributed by atoms with Gasteiger partial charge in [-0.1, -0.05) is 35.0 Å². The molecule has 6 nitrogen and oxygen atoms in total. The van der Waals surface area contributed by atoms with E-state index < -0.39 is 17.8 Å². The molecule has 1 atom stereocenters. The molecule has 3 aromatic rings. The van der Waals surface area contributed by atoms with Gasteiger partial charge in [0, 0.05) is 17.5 Å². The van der Waals surface area contributed by atoms with Crippen molar-refractivity contribution in [2.24, 2.45) is 0 Å². The number of aliphatic carboxylic acids is 1. The molecule has 1 fully saturated rings. The van der Waals surface area contributed by atoms with Gasteiger partial charge in [0.25, 0.3) is 0 Å². The molecule has 4 rings (SSSR count). The minimum atomic E-state index is -1.01. The second-order valence-corrected chi connectivity index (χ2v) is 7.95. The average Bonchev–Trinajstić information content (AvgIpc) is 3.45. The number of nitrogens with zero attached hydrogens (tertiary/aromatic N) is 2. The highest BCUT2D eigenvalue weighted by Gasteiger charge is 2.30. The van der Waals surface area contributed by atoms with Gasteiger partial charge >= 0.3 is 5.97 Å². The Morgan fingerprint density at radius 2 is 2.17 bits per heavy atom. The molecule has 0 spiro atoms. The number of benzene rings is 2. The maximum atomic E-state index is 14.7. The number of nitrogens with one attached hydrogen (secondary N) is 1. The van der Waals surface area contributed by atoms with Gasteiger partial charge in [0.2, 0.25) is 11.7 Å². The quantitative estimate of drug-likeness (QED) is 0.548. The van der Waals surface area contributed by atoms with Crippen LogP contribution in [0.3, 0.4) is 0 Å². The lowest BCUT2D eigenvalue weighted by atomic mass is 10.0. The molecule has 0 amide bonds. The Morgan fingerprint density at radius 1 is 1.37 bits per heavy atom. The fourth-order valence-corrected chi connectivity index (χ4v) is 3.46. The number of aromatic nitrogens is 2. The Kier molecular flexibility index (Phi) is 5.83. The molecule has 0 aliphatic heterocycles. The zero-order chi connectivity index (χ0) is 21.3. The van der Waals surface area contributed by atoms with Crippen molar-refractivity contribution in [2.75, 3.05) is 0 Å². The van der Waals surface area contributed by atoms with E-state index >= 15 is 0 Å². The highest BCUT2D eigenvalue weighted by atomic mass is 35.5. The minimum absolute atomic E-state index is 0.131. The normalized spacial score (nSPS) is 14.6. The van der Waals surface area contributed by atoms with Crippen LogP contribution in [-0.2, 0) is 17.8 Å². The van der Waals surface area contributed by atoms with Crippen LogP contribution in [-0.4, -0.2) is 27.3 Å². The predicted octanol–water partition coefficient (Wildman–Crippen LogP) is 4.50. The maximum Gasteiger partial charge on any atom is 0.321 e. The highest BCUT2D eigenvalue weighted by Crippen LogP contribution is 2.39. The molecule has 8 heteroatoms. The van der Waals surface area contributed by atoms with Crippen molar-refractivity contribution in [2.45, 2.75) is 44.7 Å². The van der Waals surface area contributed by atoms with Gasteiger partial charge in [-0.15, -0.1) is 0 Å². The average molecular weight is 430 g/mol. The summed E-state index contributed by atoms with van der Waals surface area (Å²) in [6, 6.07) is 9.20. The number of carboxylic acid groups (broad SMARTS) is 1. The Balaban J connectivity index is 1.46. The van der Waals surface area contributed by atoms with Crippen LogP contribution in [0.2, 0.25) is 5.02 Å². The first-order valence-electron chi connectivity index (χ1n) is 9.75. The number of carbonyl (C=O) groups is 1. The lowest BCUT2D eigenvalue weighted by molar-refractivity contribution is -0.139. The second-order valence-electron chi connectivity index (χ2n) is 7.54. The van der Waals surface area contributed by atoms with Gasteiger partial charge < -0.3 is 14.9 Å². The van der Waals surface area contributed by atoms with Crippen LogP contribution < -0.4 is 5.32 Å². The standard InChI is InChI=1S/C22H21ClFN3O3/c1-12-15(3-2-4-17(12)23)11-25-19(22(28)29)10-13-5-8-16(18(24)9-13)20-26-21(30-27-20)14-6-7-14/h2-5,8-9,14,19,25H,6-7,10-11H2,1H3,(H,28,29)/t19-/m1/s1. The van der Waals surface area contributed by atoms with Crippen molar-refractivity contribution in [3.63, 3.8) is 0 Å². The number of rotatable bonds is 8. The summed E-state index contributed by atoms with van der Waals surface area (Å²) in [5.41, 5.74) is 2.62. The molecular weight excluding hydrogens is 409 g/mol. The fourth-order valence-electron chi connectivity index (χ4n) is 3.27.